The Bertz CT molecular complexity index is 862. The summed E-state index contributed by atoms with van der Waals surface area (Å²) in [5, 5.41) is 2.88. The predicted octanol–water partition coefficient (Wildman–Crippen LogP) is 3.65. The summed E-state index contributed by atoms with van der Waals surface area (Å²) in [5.41, 5.74) is 1.46. The van der Waals surface area contributed by atoms with Crippen molar-refractivity contribution >= 4 is 21.6 Å². The van der Waals surface area contributed by atoms with E-state index in [9.17, 15) is 13.2 Å². The Hall–Kier alpha value is -2.18. The topological polar surface area (TPSA) is 75.3 Å². The summed E-state index contributed by atoms with van der Waals surface area (Å²) in [5.74, 6) is -0.381. The molecule has 0 radical (unpaired) electrons. The van der Waals surface area contributed by atoms with Gasteiger partial charge in [-0.25, -0.2) is 13.1 Å². The molecule has 0 heterocycles. The zero-order valence-corrected chi connectivity index (χ0v) is 15.6. The molecule has 2 aromatic carbocycles. The second kappa shape index (κ2) is 8.01. The number of carbonyl (C=O) groups is 1. The number of rotatable bonds is 8. The number of anilines is 1. The minimum absolute atomic E-state index is 0.0465. The fourth-order valence-corrected chi connectivity index (χ4v) is 4.23. The van der Waals surface area contributed by atoms with E-state index >= 15 is 0 Å². The number of amides is 1. The lowest BCUT2D eigenvalue weighted by Gasteiger charge is -2.17. The summed E-state index contributed by atoms with van der Waals surface area (Å²) in [4.78, 5) is 13.0. The SMILES string of the molecule is CCCC(C(=O)Nc1cccc(S(=O)(=O)NC2CC2)c1)c1ccccc1. The largest absolute Gasteiger partial charge is 0.326 e. The minimum atomic E-state index is -3.54. The molecular weight excluding hydrogens is 348 g/mol. The van der Waals surface area contributed by atoms with Gasteiger partial charge in [-0.15, -0.1) is 0 Å². The summed E-state index contributed by atoms with van der Waals surface area (Å²) < 4.78 is 27.4. The Kier molecular flexibility index (Phi) is 5.74. The zero-order chi connectivity index (χ0) is 18.6. The molecule has 3 rings (SSSR count). The van der Waals surface area contributed by atoms with Crippen LogP contribution in [0.3, 0.4) is 0 Å². The maximum atomic E-state index is 12.8. The van der Waals surface area contributed by atoms with E-state index < -0.39 is 10.0 Å². The van der Waals surface area contributed by atoms with Crippen molar-refractivity contribution in [3.8, 4) is 0 Å². The van der Waals surface area contributed by atoms with Gasteiger partial charge in [0, 0.05) is 11.7 Å². The number of hydrogen-bond donors (Lipinski definition) is 2. The molecule has 0 aromatic heterocycles. The van der Waals surface area contributed by atoms with Crippen molar-refractivity contribution in [2.24, 2.45) is 0 Å². The standard InChI is InChI=1S/C20H24N2O3S/c1-2-7-19(15-8-4-3-5-9-15)20(23)21-17-10-6-11-18(14-17)26(24,25)22-16-12-13-16/h3-6,8-11,14,16,19,22H,2,7,12-13H2,1H3,(H,21,23). The Morgan fingerprint density at radius 2 is 1.85 bits per heavy atom. The normalized spacial score (nSPS) is 15.4. The molecule has 2 N–H and O–H groups in total. The first kappa shape index (κ1) is 18.6. The van der Waals surface area contributed by atoms with Crippen LogP contribution < -0.4 is 10.0 Å². The van der Waals surface area contributed by atoms with Crippen LogP contribution in [0.1, 0.15) is 44.1 Å². The van der Waals surface area contributed by atoms with Gasteiger partial charge in [0.25, 0.3) is 0 Å². The average molecular weight is 372 g/mol. The van der Waals surface area contributed by atoms with E-state index in [1.54, 1.807) is 18.2 Å². The van der Waals surface area contributed by atoms with Gasteiger partial charge in [0.15, 0.2) is 0 Å². The van der Waals surface area contributed by atoms with E-state index in [1.807, 2.05) is 37.3 Å². The predicted molar refractivity (Wildman–Crippen MR) is 103 cm³/mol. The highest BCUT2D eigenvalue weighted by atomic mass is 32.2. The van der Waals surface area contributed by atoms with Crippen LogP contribution >= 0.6 is 0 Å². The van der Waals surface area contributed by atoms with Crippen molar-refractivity contribution < 1.29 is 13.2 Å². The molecule has 1 aliphatic carbocycles. The van der Waals surface area contributed by atoms with Gasteiger partial charge in [-0.3, -0.25) is 4.79 Å². The Labute approximate surface area is 154 Å². The number of sulfonamides is 1. The molecule has 1 fully saturated rings. The molecular formula is C20H24N2O3S. The van der Waals surface area contributed by atoms with Gasteiger partial charge in [0.1, 0.15) is 0 Å². The first-order chi connectivity index (χ1) is 12.5. The first-order valence-corrected chi connectivity index (χ1v) is 10.5. The van der Waals surface area contributed by atoms with Crippen LogP contribution in [0.4, 0.5) is 5.69 Å². The quantitative estimate of drug-likeness (QED) is 0.743. The van der Waals surface area contributed by atoms with Crippen LogP contribution in [0.5, 0.6) is 0 Å². The molecule has 0 aliphatic heterocycles. The smallest absolute Gasteiger partial charge is 0.240 e. The summed E-state index contributed by atoms with van der Waals surface area (Å²) in [6.45, 7) is 2.04. The molecule has 1 atom stereocenters. The highest BCUT2D eigenvalue weighted by molar-refractivity contribution is 7.89. The van der Waals surface area contributed by atoms with Crippen LogP contribution in [0, 0.1) is 0 Å². The lowest BCUT2D eigenvalue weighted by atomic mass is 9.93. The highest BCUT2D eigenvalue weighted by Crippen LogP contribution is 2.25. The van der Waals surface area contributed by atoms with Crippen molar-refractivity contribution in [1.29, 1.82) is 0 Å². The number of benzene rings is 2. The molecule has 1 unspecified atom stereocenters. The molecule has 1 aliphatic rings. The molecule has 6 heteroatoms. The van der Waals surface area contributed by atoms with Crippen molar-refractivity contribution in [1.82, 2.24) is 4.72 Å². The summed E-state index contributed by atoms with van der Waals surface area (Å²) in [6, 6.07) is 16.1. The molecule has 5 nitrogen and oxygen atoms in total. The van der Waals surface area contributed by atoms with Crippen molar-refractivity contribution in [2.75, 3.05) is 5.32 Å². The monoisotopic (exact) mass is 372 g/mol. The van der Waals surface area contributed by atoms with Crippen LogP contribution in [-0.4, -0.2) is 20.4 Å². The fraction of sp³-hybridized carbons (Fsp3) is 0.350. The van der Waals surface area contributed by atoms with Gasteiger partial charge in [-0.2, -0.15) is 0 Å². The third-order valence-electron chi connectivity index (χ3n) is 4.41. The molecule has 2 aromatic rings. The number of hydrogen-bond acceptors (Lipinski definition) is 3. The van der Waals surface area contributed by atoms with Crippen LogP contribution in [-0.2, 0) is 14.8 Å². The second-order valence-electron chi connectivity index (χ2n) is 6.66. The van der Waals surface area contributed by atoms with E-state index in [4.69, 9.17) is 0 Å². The van der Waals surface area contributed by atoms with Gasteiger partial charge in [0.2, 0.25) is 15.9 Å². The summed E-state index contributed by atoms with van der Waals surface area (Å²) in [6.07, 6.45) is 3.38. The molecule has 138 valence electrons. The first-order valence-electron chi connectivity index (χ1n) is 8.98. The highest BCUT2D eigenvalue weighted by Gasteiger charge is 2.28. The Balaban J connectivity index is 1.77. The van der Waals surface area contributed by atoms with Gasteiger partial charge in [-0.05, 0) is 43.0 Å². The van der Waals surface area contributed by atoms with E-state index in [1.165, 1.54) is 6.07 Å². The van der Waals surface area contributed by atoms with E-state index in [0.29, 0.717) is 5.69 Å². The maximum Gasteiger partial charge on any atom is 0.240 e. The zero-order valence-electron chi connectivity index (χ0n) is 14.8. The molecule has 0 saturated heterocycles. The summed E-state index contributed by atoms with van der Waals surface area (Å²) >= 11 is 0. The lowest BCUT2D eigenvalue weighted by Crippen LogP contribution is -2.26. The molecule has 0 bridgehead atoms. The lowest BCUT2D eigenvalue weighted by molar-refractivity contribution is -0.117. The van der Waals surface area contributed by atoms with Gasteiger partial charge < -0.3 is 5.32 Å². The third-order valence-corrected chi connectivity index (χ3v) is 5.92. The van der Waals surface area contributed by atoms with Crippen LogP contribution in [0.15, 0.2) is 59.5 Å². The Morgan fingerprint density at radius 3 is 2.50 bits per heavy atom. The maximum absolute atomic E-state index is 12.8. The van der Waals surface area contributed by atoms with E-state index in [2.05, 4.69) is 10.0 Å². The van der Waals surface area contributed by atoms with Crippen molar-refractivity contribution in [3.05, 3.63) is 60.2 Å². The van der Waals surface area contributed by atoms with Gasteiger partial charge in [0.05, 0.1) is 10.8 Å². The van der Waals surface area contributed by atoms with Crippen molar-refractivity contribution in [3.63, 3.8) is 0 Å². The molecule has 0 spiro atoms. The van der Waals surface area contributed by atoms with E-state index in [0.717, 1.165) is 31.2 Å². The molecule has 26 heavy (non-hydrogen) atoms. The van der Waals surface area contributed by atoms with Gasteiger partial charge >= 0.3 is 0 Å². The van der Waals surface area contributed by atoms with Crippen LogP contribution in [0.2, 0.25) is 0 Å². The third kappa shape index (κ3) is 4.71. The van der Waals surface area contributed by atoms with E-state index in [-0.39, 0.29) is 22.8 Å². The summed E-state index contributed by atoms with van der Waals surface area (Å²) in [7, 11) is -3.54. The average Bonchev–Trinajstić information content (AvgIpc) is 3.44. The minimum Gasteiger partial charge on any atom is -0.326 e. The Morgan fingerprint density at radius 1 is 1.12 bits per heavy atom. The van der Waals surface area contributed by atoms with Crippen molar-refractivity contribution in [2.45, 2.75) is 49.5 Å². The fourth-order valence-electron chi connectivity index (χ4n) is 2.88. The second-order valence-corrected chi connectivity index (χ2v) is 8.38. The number of nitrogens with one attached hydrogen (secondary N) is 2. The van der Waals surface area contributed by atoms with Crippen LogP contribution in [0.25, 0.3) is 0 Å². The molecule has 1 amide bonds. The van der Waals surface area contributed by atoms with Gasteiger partial charge in [-0.1, -0.05) is 49.7 Å². The molecule has 1 saturated carbocycles. The number of carbonyl (C=O) groups excluding carboxylic acids is 1.